The van der Waals surface area contributed by atoms with E-state index in [0.29, 0.717) is 11.7 Å². The number of rotatable bonds is 5. The summed E-state index contributed by atoms with van der Waals surface area (Å²) in [5.74, 6) is -0.165. The van der Waals surface area contributed by atoms with Crippen LogP contribution in [0.1, 0.15) is 36.9 Å². The minimum atomic E-state index is -0.165. The van der Waals surface area contributed by atoms with Gasteiger partial charge in [0.2, 0.25) is 0 Å². The van der Waals surface area contributed by atoms with Crippen LogP contribution in [-0.4, -0.2) is 6.04 Å². The van der Waals surface area contributed by atoms with Crippen LogP contribution in [0, 0.1) is 5.82 Å². The molecular weight excluding hydrogens is 271 g/mol. The largest absolute Gasteiger partial charge is 0.362 e. The van der Waals surface area contributed by atoms with Crippen molar-refractivity contribution in [3.05, 3.63) is 52.0 Å². The molecule has 0 saturated heterocycles. The summed E-state index contributed by atoms with van der Waals surface area (Å²) in [5, 5.41) is 4.19. The van der Waals surface area contributed by atoms with Gasteiger partial charge in [-0.1, -0.05) is 6.07 Å². The Labute approximate surface area is 123 Å². The summed E-state index contributed by atoms with van der Waals surface area (Å²) in [6.07, 6.45) is 2.30. The van der Waals surface area contributed by atoms with E-state index in [1.807, 2.05) is 19.1 Å². The molecule has 0 aliphatic heterocycles. The molecule has 20 heavy (non-hydrogen) atoms. The number of hydrogen-bond donors (Lipinski definition) is 1. The first kappa shape index (κ1) is 13.6. The molecule has 1 aliphatic carbocycles. The first-order valence-electron chi connectivity index (χ1n) is 6.98. The van der Waals surface area contributed by atoms with Crippen LogP contribution in [0.4, 0.5) is 10.1 Å². The summed E-state index contributed by atoms with van der Waals surface area (Å²) in [4.78, 5) is 2.18. The van der Waals surface area contributed by atoms with Crippen molar-refractivity contribution in [1.82, 2.24) is 0 Å². The van der Waals surface area contributed by atoms with Crippen molar-refractivity contribution < 1.29 is 4.39 Å². The van der Waals surface area contributed by atoms with Gasteiger partial charge in [-0.05, 0) is 59.9 Å². The Morgan fingerprint density at radius 2 is 2.20 bits per heavy atom. The van der Waals surface area contributed by atoms with Gasteiger partial charge in [0.25, 0.3) is 0 Å². The molecule has 1 atom stereocenters. The average molecular weight is 290 g/mol. The van der Waals surface area contributed by atoms with Crippen LogP contribution in [0.2, 0.25) is 0 Å². The van der Waals surface area contributed by atoms with Crippen LogP contribution in [0.5, 0.6) is 0 Å². The third kappa shape index (κ3) is 2.86. The molecule has 3 rings (SSSR count). The fraction of sp³-hybridized carbons (Fsp3) is 0.375. The van der Waals surface area contributed by atoms with Crippen molar-refractivity contribution in [3.8, 4) is 0 Å². The molecule has 1 aromatic heterocycles. The minimum Gasteiger partial charge on any atom is -0.362 e. The number of thiophene rings is 1. The van der Waals surface area contributed by atoms with E-state index < -0.39 is 0 Å². The first-order chi connectivity index (χ1) is 9.65. The van der Waals surface area contributed by atoms with Gasteiger partial charge in [-0.3, -0.25) is 0 Å². The van der Waals surface area contributed by atoms with Gasteiger partial charge in [-0.15, -0.1) is 0 Å². The first-order valence-corrected chi connectivity index (χ1v) is 7.92. The molecule has 4 heteroatoms. The summed E-state index contributed by atoms with van der Waals surface area (Å²) in [7, 11) is 0. The highest BCUT2D eigenvalue weighted by molar-refractivity contribution is 7.07. The van der Waals surface area contributed by atoms with Crippen molar-refractivity contribution in [3.63, 3.8) is 0 Å². The predicted molar refractivity (Wildman–Crippen MR) is 82.5 cm³/mol. The Morgan fingerprint density at radius 3 is 2.75 bits per heavy atom. The molecule has 1 saturated carbocycles. The van der Waals surface area contributed by atoms with Gasteiger partial charge < -0.3 is 10.6 Å². The fourth-order valence-corrected chi connectivity index (χ4v) is 3.08. The Balaban J connectivity index is 1.87. The third-order valence-corrected chi connectivity index (χ3v) is 4.46. The van der Waals surface area contributed by atoms with Crippen LogP contribution in [0.25, 0.3) is 0 Å². The van der Waals surface area contributed by atoms with Crippen LogP contribution in [0.3, 0.4) is 0 Å². The summed E-state index contributed by atoms with van der Waals surface area (Å²) in [6.45, 7) is 2.65. The van der Waals surface area contributed by atoms with Gasteiger partial charge in [-0.2, -0.15) is 11.3 Å². The maximum atomic E-state index is 14.4. The van der Waals surface area contributed by atoms with E-state index in [0.717, 1.165) is 24.9 Å². The molecule has 2 nitrogen and oxygen atoms in total. The maximum absolute atomic E-state index is 14.4. The average Bonchev–Trinajstić information content (AvgIpc) is 3.14. The molecular formula is C16H19FN2S. The highest BCUT2D eigenvalue weighted by Gasteiger charge is 2.30. The molecule has 0 amide bonds. The van der Waals surface area contributed by atoms with Crippen molar-refractivity contribution in [2.24, 2.45) is 5.73 Å². The van der Waals surface area contributed by atoms with Gasteiger partial charge in [0.15, 0.2) is 0 Å². The zero-order valence-electron chi connectivity index (χ0n) is 11.6. The van der Waals surface area contributed by atoms with Crippen molar-refractivity contribution in [1.29, 1.82) is 0 Å². The number of halogens is 1. The number of hydrogen-bond acceptors (Lipinski definition) is 3. The second-order valence-electron chi connectivity index (χ2n) is 5.49. The number of anilines is 1. The highest BCUT2D eigenvalue weighted by atomic mass is 32.1. The molecule has 2 aromatic rings. The van der Waals surface area contributed by atoms with Crippen molar-refractivity contribution >= 4 is 17.0 Å². The van der Waals surface area contributed by atoms with E-state index in [1.165, 1.54) is 5.56 Å². The van der Waals surface area contributed by atoms with Gasteiger partial charge in [-0.25, -0.2) is 4.39 Å². The SMILES string of the molecule is C[C@@H](N)c1ccc(N(Cc2ccsc2)C2CC2)c(F)c1. The van der Waals surface area contributed by atoms with Crippen molar-refractivity contribution in [2.75, 3.05) is 4.90 Å². The van der Waals surface area contributed by atoms with E-state index >= 15 is 0 Å². The molecule has 0 spiro atoms. The predicted octanol–water partition coefficient (Wildman–Crippen LogP) is 4.08. The number of benzene rings is 1. The van der Waals surface area contributed by atoms with Crippen LogP contribution in [-0.2, 0) is 6.54 Å². The Morgan fingerprint density at radius 1 is 1.40 bits per heavy atom. The van der Waals surface area contributed by atoms with Crippen LogP contribution in [0.15, 0.2) is 35.0 Å². The zero-order chi connectivity index (χ0) is 14.1. The Kier molecular flexibility index (Phi) is 3.76. The van der Waals surface area contributed by atoms with E-state index in [1.54, 1.807) is 17.4 Å². The standard InChI is InChI=1S/C16H19FN2S/c1-11(18)13-2-5-16(15(17)8-13)19(14-3-4-14)9-12-6-7-20-10-12/h2,5-8,10-11,14H,3-4,9,18H2,1H3/t11-/m1/s1. The molecule has 1 aliphatic rings. The van der Waals surface area contributed by atoms with Gasteiger partial charge in [0, 0.05) is 18.6 Å². The molecule has 0 radical (unpaired) electrons. The normalized spacial score (nSPS) is 16.1. The summed E-state index contributed by atoms with van der Waals surface area (Å²) < 4.78 is 14.4. The smallest absolute Gasteiger partial charge is 0.146 e. The summed E-state index contributed by atoms with van der Waals surface area (Å²) in [5.41, 5.74) is 8.60. The summed E-state index contributed by atoms with van der Waals surface area (Å²) in [6, 6.07) is 7.83. The van der Waals surface area contributed by atoms with Gasteiger partial charge in [0.1, 0.15) is 5.82 Å². The summed E-state index contributed by atoms with van der Waals surface area (Å²) >= 11 is 1.68. The lowest BCUT2D eigenvalue weighted by molar-refractivity contribution is 0.610. The van der Waals surface area contributed by atoms with Crippen LogP contribution >= 0.6 is 11.3 Å². The number of nitrogens with zero attached hydrogens (tertiary/aromatic N) is 1. The lowest BCUT2D eigenvalue weighted by Gasteiger charge is -2.25. The second-order valence-corrected chi connectivity index (χ2v) is 6.27. The molecule has 2 N–H and O–H groups in total. The lowest BCUT2D eigenvalue weighted by atomic mass is 10.1. The van der Waals surface area contributed by atoms with Gasteiger partial charge in [0.05, 0.1) is 5.69 Å². The Bertz CT molecular complexity index is 576. The van der Waals surface area contributed by atoms with E-state index in [2.05, 4.69) is 21.7 Å². The van der Waals surface area contributed by atoms with E-state index in [4.69, 9.17) is 5.73 Å². The lowest BCUT2D eigenvalue weighted by Crippen LogP contribution is -2.26. The molecule has 1 aromatic carbocycles. The minimum absolute atomic E-state index is 0.134. The molecule has 1 heterocycles. The van der Waals surface area contributed by atoms with E-state index in [-0.39, 0.29) is 11.9 Å². The third-order valence-electron chi connectivity index (χ3n) is 3.73. The number of nitrogens with two attached hydrogens (primary N) is 1. The van der Waals surface area contributed by atoms with E-state index in [9.17, 15) is 4.39 Å². The zero-order valence-corrected chi connectivity index (χ0v) is 12.4. The topological polar surface area (TPSA) is 29.3 Å². The fourth-order valence-electron chi connectivity index (χ4n) is 2.42. The molecule has 1 fully saturated rings. The molecule has 0 bridgehead atoms. The van der Waals surface area contributed by atoms with Gasteiger partial charge >= 0.3 is 0 Å². The Hall–Kier alpha value is -1.39. The highest BCUT2D eigenvalue weighted by Crippen LogP contribution is 2.35. The maximum Gasteiger partial charge on any atom is 0.146 e. The van der Waals surface area contributed by atoms with Crippen LogP contribution < -0.4 is 10.6 Å². The van der Waals surface area contributed by atoms with Crippen molar-refractivity contribution in [2.45, 2.75) is 38.4 Å². The molecule has 106 valence electrons. The quantitative estimate of drug-likeness (QED) is 0.899. The second kappa shape index (κ2) is 5.54. The monoisotopic (exact) mass is 290 g/mol. The molecule has 0 unspecified atom stereocenters.